The summed E-state index contributed by atoms with van der Waals surface area (Å²) < 4.78 is 28.6. The van der Waals surface area contributed by atoms with Gasteiger partial charge in [0, 0.05) is 6.04 Å². The fraction of sp³-hybridized carbons (Fsp3) is 1.00. The first-order valence-corrected chi connectivity index (χ1v) is 7.97. The summed E-state index contributed by atoms with van der Waals surface area (Å²) in [5.41, 5.74) is 5.80. The lowest BCUT2D eigenvalue weighted by Gasteiger charge is -2.26. The molecule has 0 aromatic carbocycles. The highest BCUT2D eigenvalue weighted by Gasteiger charge is 2.29. The van der Waals surface area contributed by atoms with Crippen LogP contribution in [0.5, 0.6) is 0 Å². The van der Waals surface area contributed by atoms with Crippen molar-refractivity contribution in [3.63, 3.8) is 0 Å². The van der Waals surface area contributed by atoms with Crippen LogP contribution in [-0.2, 0) is 14.6 Å². The third-order valence-electron chi connectivity index (χ3n) is 3.36. The van der Waals surface area contributed by atoms with Gasteiger partial charge in [0.25, 0.3) is 0 Å². The Morgan fingerprint density at radius 1 is 1.18 bits per heavy atom. The molecule has 0 aromatic rings. The molecule has 102 valence electrons. The predicted molar refractivity (Wildman–Crippen MR) is 69.7 cm³/mol. The first-order valence-electron chi connectivity index (χ1n) is 6.32. The fourth-order valence-electron chi connectivity index (χ4n) is 1.89. The van der Waals surface area contributed by atoms with Crippen molar-refractivity contribution in [3.8, 4) is 0 Å². The SMILES string of the molecule is CC(C)(C)S(=O)(=O)CCOC1CCC(N)CC1. The van der Waals surface area contributed by atoms with E-state index in [1.165, 1.54) is 0 Å². The second-order valence-electron chi connectivity index (χ2n) is 5.84. The van der Waals surface area contributed by atoms with Gasteiger partial charge in [0.15, 0.2) is 9.84 Å². The lowest BCUT2D eigenvalue weighted by atomic mass is 9.94. The van der Waals surface area contributed by atoms with Crippen molar-refractivity contribution in [3.05, 3.63) is 0 Å². The molecule has 0 amide bonds. The minimum atomic E-state index is -3.06. The predicted octanol–water partition coefficient (Wildman–Crippen LogP) is 1.49. The molecule has 1 saturated carbocycles. The van der Waals surface area contributed by atoms with Crippen LogP contribution in [0.25, 0.3) is 0 Å². The lowest BCUT2D eigenvalue weighted by Crippen LogP contribution is -2.34. The van der Waals surface area contributed by atoms with Crippen LogP contribution in [0.15, 0.2) is 0 Å². The number of rotatable bonds is 4. The van der Waals surface area contributed by atoms with E-state index in [0.29, 0.717) is 12.6 Å². The van der Waals surface area contributed by atoms with E-state index in [9.17, 15) is 8.42 Å². The molecule has 0 aromatic heterocycles. The molecule has 1 rings (SSSR count). The van der Waals surface area contributed by atoms with E-state index in [-0.39, 0.29) is 11.9 Å². The minimum absolute atomic E-state index is 0.110. The van der Waals surface area contributed by atoms with Crippen LogP contribution in [0.4, 0.5) is 0 Å². The van der Waals surface area contributed by atoms with E-state index in [1.54, 1.807) is 20.8 Å². The number of ether oxygens (including phenoxy) is 1. The average Bonchev–Trinajstić information content (AvgIpc) is 2.19. The lowest BCUT2D eigenvalue weighted by molar-refractivity contribution is 0.0343. The molecule has 5 heteroatoms. The zero-order valence-corrected chi connectivity index (χ0v) is 11.9. The normalized spacial score (nSPS) is 27.1. The van der Waals surface area contributed by atoms with Crippen LogP contribution in [0.3, 0.4) is 0 Å². The molecule has 1 aliphatic rings. The summed E-state index contributed by atoms with van der Waals surface area (Å²) in [7, 11) is -3.06. The fourth-order valence-corrected chi connectivity index (χ4v) is 2.81. The largest absolute Gasteiger partial charge is 0.377 e. The van der Waals surface area contributed by atoms with Gasteiger partial charge in [-0.2, -0.15) is 0 Å². The molecule has 1 aliphatic carbocycles. The maximum Gasteiger partial charge on any atom is 0.157 e. The van der Waals surface area contributed by atoms with Crippen LogP contribution in [0.1, 0.15) is 46.5 Å². The Labute approximate surface area is 105 Å². The van der Waals surface area contributed by atoms with Crippen LogP contribution in [0, 0.1) is 0 Å². The number of hydrogen-bond acceptors (Lipinski definition) is 4. The smallest absolute Gasteiger partial charge is 0.157 e. The molecule has 0 aliphatic heterocycles. The molecule has 0 bridgehead atoms. The summed E-state index contributed by atoms with van der Waals surface area (Å²) in [6.45, 7) is 5.48. The Kier molecular flexibility index (Phi) is 4.98. The summed E-state index contributed by atoms with van der Waals surface area (Å²) in [6, 6.07) is 0.299. The van der Waals surface area contributed by atoms with Crippen molar-refractivity contribution in [1.29, 1.82) is 0 Å². The summed E-state index contributed by atoms with van der Waals surface area (Å²) >= 11 is 0. The van der Waals surface area contributed by atoms with Crippen LogP contribution < -0.4 is 5.73 Å². The van der Waals surface area contributed by atoms with Gasteiger partial charge in [0.2, 0.25) is 0 Å². The molecule has 0 unspecified atom stereocenters. The van der Waals surface area contributed by atoms with Gasteiger partial charge in [-0.1, -0.05) is 0 Å². The van der Waals surface area contributed by atoms with E-state index >= 15 is 0 Å². The molecular formula is C12H25NO3S. The topological polar surface area (TPSA) is 69.4 Å². The molecule has 0 saturated heterocycles. The quantitative estimate of drug-likeness (QED) is 0.834. The molecule has 4 nitrogen and oxygen atoms in total. The van der Waals surface area contributed by atoms with Gasteiger partial charge >= 0.3 is 0 Å². The minimum Gasteiger partial charge on any atom is -0.377 e. The summed E-state index contributed by atoms with van der Waals surface area (Å²) in [5, 5.41) is 0. The number of nitrogens with two attached hydrogens (primary N) is 1. The van der Waals surface area contributed by atoms with E-state index in [0.717, 1.165) is 25.7 Å². The van der Waals surface area contributed by atoms with Crippen molar-refractivity contribution >= 4 is 9.84 Å². The molecule has 17 heavy (non-hydrogen) atoms. The van der Waals surface area contributed by atoms with E-state index < -0.39 is 14.6 Å². The highest BCUT2D eigenvalue weighted by molar-refractivity contribution is 7.92. The Balaban J connectivity index is 2.29. The molecular weight excluding hydrogens is 238 g/mol. The van der Waals surface area contributed by atoms with Crippen LogP contribution in [0.2, 0.25) is 0 Å². The first-order chi connectivity index (χ1) is 7.72. The van der Waals surface area contributed by atoms with Gasteiger partial charge in [0.1, 0.15) is 0 Å². The summed E-state index contributed by atoms with van der Waals surface area (Å²) in [5.74, 6) is 0.110. The number of hydrogen-bond donors (Lipinski definition) is 1. The van der Waals surface area contributed by atoms with E-state index in [1.807, 2.05) is 0 Å². The third kappa shape index (κ3) is 4.56. The van der Waals surface area contributed by atoms with Crippen molar-refractivity contribution < 1.29 is 13.2 Å². The molecule has 0 radical (unpaired) electrons. The zero-order valence-electron chi connectivity index (χ0n) is 11.1. The Hall–Kier alpha value is -0.130. The van der Waals surface area contributed by atoms with Gasteiger partial charge in [-0.15, -0.1) is 0 Å². The van der Waals surface area contributed by atoms with Crippen molar-refractivity contribution in [2.75, 3.05) is 12.4 Å². The van der Waals surface area contributed by atoms with Gasteiger partial charge in [-0.25, -0.2) is 8.42 Å². The molecule has 0 atom stereocenters. The van der Waals surface area contributed by atoms with E-state index in [4.69, 9.17) is 10.5 Å². The molecule has 1 fully saturated rings. The van der Waals surface area contributed by atoms with Crippen LogP contribution >= 0.6 is 0 Å². The molecule has 2 N–H and O–H groups in total. The van der Waals surface area contributed by atoms with Gasteiger partial charge < -0.3 is 10.5 Å². The standard InChI is InChI=1S/C12H25NO3S/c1-12(2,3)17(14,15)9-8-16-11-6-4-10(13)5-7-11/h10-11H,4-9,13H2,1-3H3. The highest BCUT2D eigenvalue weighted by Crippen LogP contribution is 2.21. The third-order valence-corrected chi connectivity index (χ3v) is 5.93. The Bertz CT molecular complexity index is 324. The Morgan fingerprint density at radius 3 is 2.18 bits per heavy atom. The number of sulfone groups is 1. The van der Waals surface area contributed by atoms with Gasteiger partial charge in [-0.05, 0) is 46.5 Å². The maximum atomic E-state index is 11.8. The monoisotopic (exact) mass is 263 g/mol. The van der Waals surface area contributed by atoms with Crippen molar-refractivity contribution in [1.82, 2.24) is 0 Å². The molecule has 0 heterocycles. The zero-order chi connectivity index (χ0) is 13.1. The van der Waals surface area contributed by atoms with Crippen molar-refractivity contribution in [2.45, 2.75) is 63.3 Å². The second-order valence-corrected chi connectivity index (χ2v) is 8.70. The maximum absolute atomic E-state index is 11.8. The first kappa shape index (κ1) is 14.9. The summed E-state index contributed by atoms with van der Waals surface area (Å²) in [4.78, 5) is 0. The van der Waals surface area contributed by atoms with Gasteiger partial charge in [0.05, 0.1) is 23.2 Å². The average molecular weight is 263 g/mol. The second kappa shape index (κ2) is 5.67. The van der Waals surface area contributed by atoms with Crippen LogP contribution in [-0.4, -0.2) is 37.7 Å². The Morgan fingerprint density at radius 2 is 1.71 bits per heavy atom. The molecule has 0 spiro atoms. The van der Waals surface area contributed by atoms with Crippen molar-refractivity contribution in [2.24, 2.45) is 5.73 Å². The van der Waals surface area contributed by atoms with Gasteiger partial charge in [-0.3, -0.25) is 0 Å². The van der Waals surface area contributed by atoms with E-state index in [2.05, 4.69) is 0 Å². The highest BCUT2D eigenvalue weighted by atomic mass is 32.2. The summed E-state index contributed by atoms with van der Waals surface area (Å²) in [6.07, 6.45) is 4.07.